The largest absolute Gasteiger partial charge is 0.476 e. The molecule has 1 aromatic rings. The first-order valence-corrected chi connectivity index (χ1v) is 5.66. The molecule has 94 valence electrons. The van der Waals surface area contributed by atoms with Gasteiger partial charge in [0.25, 0.3) is 0 Å². The fraction of sp³-hybridized carbons (Fsp3) is 0.333. The Labute approximate surface area is 103 Å². The molecule has 1 atom stereocenters. The van der Waals surface area contributed by atoms with Crippen LogP contribution in [-0.4, -0.2) is 29.8 Å². The SMILES string of the molecule is O=C(O)C1Oc2ccc(N3CCCC3=O)cc2O1. The molecule has 18 heavy (non-hydrogen) atoms. The normalized spacial score (nSPS) is 21.4. The van der Waals surface area contributed by atoms with Crippen molar-refractivity contribution in [3.8, 4) is 11.5 Å². The summed E-state index contributed by atoms with van der Waals surface area (Å²) in [5.41, 5.74) is 0.714. The summed E-state index contributed by atoms with van der Waals surface area (Å²) in [5.74, 6) is -0.356. The lowest BCUT2D eigenvalue weighted by Crippen LogP contribution is -2.28. The van der Waals surface area contributed by atoms with Gasteiger partial charge in [-0.25, -0.2) is 4.79 Å². The van der Waals surface area contributed by atoms with Crippen molar-refractivity contribution in [2.45, 2.75) is 19.1 Å². The Kier molecular flexibility index (Phi) is 2.36. The first kappa shape index (κ1) is 10.9. The van der Waals surface area contributed by atoms with Gasteiger partial charge in [-0.2, -0.15) is 0 Å². The highest BCUT2D eigenvalue weighted by atomic mass is 16.7. The number of fused-ring (bicyclic) bond motifs is 1. The summed E-state index contributed by atoms with van der Waals surface area (Å²) in [6, 6.07) is 5.00. The van der Waals surface area contributed by atoms with Crippen LogP contribution in [-0.2, 0) is 9.59 Å². The first-order chi connectivity index (χ1) is 8.65. The van der Waals surface area contributed by atoms with Crippen LogP contribution in [0, 0.1) is 0 Å². The molecule has 0 spiro atoms. The number of hydrogen-bond acceptors (Lipinski definition) is 4. The van der Waals surface area contributed by atoms with Crippen LogP contribution in [0.4, 0.5) is 5.69 Å². The second-order valence-corrected chi connectivity index (χ2v) is 4.19. The van der Waals surface area contributed by atoms with E-state index in [0.29, 0.717) is 30.2 Å². The smallest absolute Gasteiger partial charge is 0.387 e. The molecule has 0 aliphatic carbocycles. The topological polar surface area (TPSA) is 76.1 Å². The lowest BCUT2D eigenvalue weighted by molar-refractivity contribution is -0.154. The van der Waals surface area contributed by atoms with Crippen LogP contribution >= 0.6 is 0 Å². The zero-order valence-corrected chi connectivity index (χ0v) is 9.46. The van der Waals surface area contributed by atoms with Gasteiger partial charge < -0.3 is 19.5 Å². The van der Waals surface area contributed by atoms with Crippen molar-refractivity contribution in [2.75, 3.05) is 11.4 Å². The van der Waals surface area contributed by atoms with Crippen molar-refractivity contribution < 1.29 is 24.2 Å². The van der Waals surface area contributed by atoms with E-state index >= 15 is 0 Å². The number of carboxylic acids is 1. The van der Waals surface area contributed by atoms with Gasteiger partial charge in [0.15, 0.2) is 11.5 Å². The average Bonchev–Trinajstić information content (AvgIpc) is 2.93. The third-order valence-corrected chi connectivity index (χ3v) is 2.98. The van der Waals surface area contributed by atoms with Crippen molar-refractivity contribution in [2.24, 2.45) is 0 Å². The Morgan fingerprint density at radius 3 is 2.78 bits per heavy atom. The highest BCUT2D eigenvalue weighted by Gasteiger charge is 2.31. The Morgan fingerprint density at radius 2 is 2.11 bits per heavy atom. The van der Waals surface area contributed by atoms with Gasteiger partial charge in [0, 0.05) is 24.7 Å². The van der Waals surface area contributed by atoms with Crippen molar-refractivity contribution in [3.05, 3.63) is 18.2 Å². The molecular formula is C12H11NO5. The molecule has 2 heterocycles. The fourth-order valence-corrected chi connectivity index (χ4v) is 2.13. The van der Waals surface area contributed by atoms with Crippen LogP contribution in [0.5, 0.6) is 11.5 Å². The molecule has 6 nitrogen and oxygen atoms in total. The Hall–Kier alpha value is -2.24. The average molecular weight is 249 g/mol. The summed E-state index contributed by atoms with van der Waals surface area (Å²) in [7, 11) is 0. The van der Waals surface area contributed by atoms with Crippen LogP contribution < -0.4 is 14.4 Å². The number of aliphatic carboxylic acids is 1. The maximum atomic E-state index is 11.6. The Bertz CT molecular complexity index is 527. The van der Waals surface area contributed by atoms with E-state index in [1.54, 1.807) is 23.1 Å². The minimum absolute atomic E-state index is 0.0728. The van der Waals surface area contributed by atoms with Gasteiger partial charge in [-0.15, -0.1) is 0 Å². The second-order valence-electron chi connectivity index (χ2n) is 4.19. The summed E-state index contributed by atoms with van der Waals surface area (Å²) in [6.07, 6.45) is 0.0848. The number of hydrogen-bond donors (Lipinski definition) is 1. The van der Waals surface area contributed by atoms with Crippen molar-refractivity contribution in [1.29, 1.82) is 0 Å². The summed E-state index contributed by atoms with van der Waals surface area (Å²) in [6.45, 7) is 0.681. The molecule has 1 N–H and O–H groups in total. The third kappa shape index (κ3) is 1.66. The molecule has 0 saturated carbocycles. The fourth-order valence-electron chi connectivity index (χ4n) is 2.13. The van der Waals surface area contributed by atoms with Gasteiger partial charge in [0.1, 0.15) is 0 Å². The van der Waals surface area contributed by atoms with Gasteiger partial charge in [0.2, 0.25) is 5.91 Å². The summed E-state index contributed by atoms with van der Waals surface area (Å²) >= 11 is 0. The van der Waals surface area contributed by atoms with Crippen molar-refractivity contribution in [3.63, 3.8) is 0 Å². The maximum Gasteiger partial charge on any atom is 0.387 e. The first-order valence-electron chi connectivity index (χ1n) is 5.66. The minimum Gasteiger partial charge on any atom is -0.476 e. The van der Waals surface area contributed by atoms with Gasteiger partial charge in [0.05, 0.1) is 0 Å². The van der Waals surface area contributed by atoms with E-state index in [0.717, 1.165) is 6.42 Å². The molecule has 0 aromatic heterocycles. The molecule has 1 saturated heterocycles. The molecule has 6 heteroatoms. The van der Waals surface area contributed by atoms with E-state index in [9.17, 15) is 9.59 Å². The predicted octanol–water partition coefficient (Wildman–Crippen LogP) is 0.995. The number of amides is 1. The molecular weight excluding hydrogens is 238 g/mol. The Balaban J connectivity index is 1.87. The van der Waals surface area contributed by atoms with E-state index in [4.69, 9.17) is 14.6 Å². The van der Waals surface area contributed by atoms with Crippen molar-refractivity contribution >= 4 is 17.6 Å². The molecule has 1 unspecified atom stereocenters. The quantitative estimate of drug-likeness (QED) is 0.846. The molecule has 3 rings (SSSR count). The zero-order chi connectivity index (χ0) is 12.7. The number of nitrogens with zero attached hydrogens (tertiary/aromatic N) is 1. The molecule has 1 fully saturated rings. The molecule has 1 aromatic carbocycles. The van der Waals surface area contributed by atoms with Crippen LogP contribution in [0.2, 0.25) is 0 Å². The molecule has 2 aliphatic rings. The number of carbonyl (C=O) groups is 2. The number of carboxylic acid groups (broad SMARTS) is 1. The lowest BCUT2D eigenvalue weighted by atomic mass is 10.2. The summed E-state index contributed by atoms with van der Waals surface area (Å²) < 4.78 is 10.2. The van der Waals surface area contributed by atoms with E-state index in [-0.39, 0.29) is 5.91 Å². The van der Waals surface area contributed by atoms with E-state index in [1.807, 2.05) is 0 Å². The highest BCUT2D eigenvalue weighted by molar-refractivity contribution is 5.95. The number of rotatable bonds is 2. The number of ether oxygens (including phenoxy) is 2. The van der Waals surface area contributed by atoms with E-state index < -0.39 is 12.3 Å². The summed E-state index contributed by atoms with van der Waals surface area (Å²) in [4.78, 5) is 24.0. The molecule has 0 radical (unpaired) electrons. The van der Waals surface area contributed by atoms with Crippen LogP contribution in [0.1, 0.15) is 12.8 Å². The number of carbonyl (C=O) groups excluding carboxylic acids is 1. The van der Waals surface area contributed by atoms with Gasteiger partial charge in [-0.3, -0.25) is 4.79 Å². The zero-order valence-electron chi connectivity index (χ0n) is 9.46. The van der Waals surface area contributed by atoms with Crippen LogP contribution in [0.3, 0.4) is 0 Å². The molecule has 0 bridgehead atoms. The van der Waals surface area contributed by atoms with Gasteiger partial charge in [-0.1, -0.05) is 0 Å². The van der Waals surface area contributed by atoms with Gasteiger partial charge >= 0.3 is 12.3 Å². The van der Waals surface area contributed by atoms with E-state index in [1.165, 1.54) is 0 Å². The van der Waals surface area contributed by atoms with Crippen LogP contribution in [0.25, 0.3) is 0 Å². The minimum atomic E-state index is -1.30. The lowest BCUT2D eigenvalue weighted by Gasteiger charge is -2.15. The van der Waals surface area contributed by atoms with E-state index in [2.05, 4.69) is 0 Å². The third-order valence-electron chi connectivity index (χ3n) is 2.98. The predicted molar refractivity (Wildman–Crippen MR) is 60.7 cm³/mol. The second kappa shape index (κ2) is 3.90. The number of benzene rings is 1. The molecule has 2 aliphatic heterocycles. The maximum absolute atomic E-state index is 11.6. The molecule has 1 amide bonds. The highest BCUT2D eigenvalue weighted by Crippen LogP contribution is 2.38. The Morgan fingerprint density at radius 1 is 1.33 bits per heavy atom. The summed E-state index contributed by atoms with van der Waals surface area (Å²) in [5, 5.41) is 8.79. The van der Waals surface area contributed by atoms with Crippen molar-refractivity contribution in [1.82, 2.24) is 0 Å². The monoisotopic (exact) mass is 249 g/mol. The standard InChI is InChI=1S/C12H11NO5/c14-10-2-1-5-13(10)7-3-4-8-9(6-7)18-12(17-8)11(15)16/h3-4,6,12H,1-2,5H2,(H,15,16). The van der Waals surface area contributed by atoms with Crippen LogP contribution in [0.15, 0.2) is 18.2 Å². The van der Waals surface area contributed by atoms with Gasteiger partial charge in [-0.05, 0) is 18.6 Å². The number of anilines is 1.